The lowest BCUT2D eigenvalue weighted by atomic mass is 10.3. The number of nitrogens with zero attached hydrogens (tertiary/aromatic N) is 3. The summed E-state index contributed by atoms with van der Waals surface area (Å²) in [5.41, 5.74) is -0.994. The first kappa shape index (κ1) is 17.4. The van der Waals surface area contributed by atoms with Crippen molar-refractivity contribution in [2.24, 2.45) is 7.05 Å². The molecule has 0 aromatic carbocycles. The van der Waals surface area contributed by atoms with E-state index in [2.05, 4.69) is 20.7 Å². The number of carbonyl (C=O) groups excluding carboxylic acids is 2. The van der Waals surface area contributed by atoms with Crippen LogP contribution >= 0.6 is 0 Å². The van der Waals surface area contributed by atoms with E-state index >= 15 is 0 Å². The Kier molecular flexibility index (Phi) is 5.17. The molecular weight excluding hydrogens is 327 g/mol. The quantitative estimate of drug-likeness (QED) is 0.794. The van der Waals surface area contributed by atoms with Crippen LogP contribution in [0.3, 0.4) is 0 Å². The van der Waals surface area contributed by atoms with Crippen LogP contribution in [0.1, 0.15) is 26.5 Å². The number of hydrogen-bond acceptors (Lipinski definition) is 4. The normalized spacial score (nSPS) is 11.2. The highest BCUT2D eigenvalue weighted by molar-refractivity contribution is 5.94. The number of amides is 2. The van der Waals surface area contributed by atoms with Crippen molar-refractivity contribution in [1.29, 1.82) is 0 Å². The molecule has 2 rings (SSSR count). The van der Waals surface area contributed by atoms with Gasteiger partial charge < -0.3 is 10.6 Å². The number of halogens is 3. The summed E-state index contributed by atoms with van der Waals surface area (Å²) in [6.45, 7) is 0.167. The minimum Gasteiger partial charge on any atom is -0.350 e. The molecule has 0 atom stereocenters. The van der Waals surface area contributed by atoms with E-state index in [1.807, 2.05) is 0 Å². The minimum atomic E-state index is -4.62. The second-order valence-corrected chi connectivity index (χ2v) is 4.79. The molecule has 0 bridgehead atoms. The van der Waals surface area contributed by atoms with Crippen molar-refractivity contribution < 1.29 is 22.8 Å². The molecule has 2 aromatic rings. The number of carbonyl (C=O) groups is 2. The molecule has 10 heteroatoms. The van der Waals surface area contributed by atoms with Gasteiger partial charge in [-0.2, -0.15) is 18.3 Å². The Morgan fingerprint density at radius 2 is 1.88 bits per heavy atom. The van der Waals surface area contributed by atoms with Crippen molar-refractivity contribution in [2.45, 2.75) is 6.18 Å². The van der Waals surface area contributed by atoms with Gasteiger partial charge in [0.25, 0.3) is 11.8 Å². The predicted molar refractivity (Wildman–Crippen MR) is 77.1 cm³/mol. The zero-order valence-corrected chi connectivity index (χ0v) is 12.6. The average Bonchev–Trinajstić information content (AvgIpc) is 2.94. The van der Waals surface area contributed by atoms with Crippen LogP contribution in [0.5, 0.6) is 0 Å². The molecule has 2 aromatic heterocycles. The van der Waals surface area contributed by atoms with E-state index in [1.165, 1.54) is 19.4 Å². The first-order chi connectivity index (χ1) is 11.3. The molecule has 128 valence electrons. The molecular formula is C14H14F3N5O2. The first-order valence-corrected chi connectivity index (χ1v) is 6.86. The van der Waals surface area contributed by atoms with Crippen LogP contribution in [-0.4, -0.2) is 39.7 Å². The summed E-state index contributed by atoms with van der Waals surface area (Å²) in [7, 11) is 1.24. The molecule has 0 saturated carbocycles. The van der Waals surface area contributed by atoms with Crippen molar-refractivity contribution in [3.63, 3.8) is 0 Å². The van der Waals surface area contributed by atoms with E-state index in [-0.39, 0.29) is 24.7 Å². The summed E-state index contributed by atoms with van der Waals surface area (Å²) < 4.78 is 38.5. The Hall–Kier alpha value is -2.91. The highest BCUT2D eigenvalue weighted by atomic mass is 19.4. The van der Waals surface area contributed by atoms with E-state index < -0.39 is 17.8 Å². The SMILES string of the molecule is Cn1nc(C(F)(F)F)cc1C(=O)NCCNC(=O)c1cccnc1. The summed E-state index contributed by atoms with van der Waals surface area (Å²) in [6.07, 6.45) is -1.70. The molecule has 0 aliphatic rings. The third-order valence-electron chi connectivity index (χ3n) is 3.02. The van der Waals surface area contributed by atoms with Crippen LogP contribution < -0.4 is 10.6 Å². The highest BCUT2D eigenvalue weighted by Gasteiger charge is 2.35. The van der Waals surface area contributed by atoms with E-state index in [0.717, 1.165) is 4.68 Å². The number of rotatable bonds is 5. The fraction of sp³-hybridized carbons (Fsp3) is 0.286. The molecule has 2 heterocycles. The molecule has 0 unspecified atom stereocenters. The van der Waals surface area contributed by atoms with Crippen molar-refractivity contribution >= 4 is 11.8 Å². The molecule has 0 radical (unpaired) electrons. The molecule has 0 fully saturated rings. The lowest BCUT2D eigenvalue weighted by Gasteiger charge is -2.07. The van der Waals surface area contributed by atoms with Gasteiger partial charge in [-0.25, -0.2) is 0 Å². The van der Waals surface area contributed by atoms with Gasteiger partial charge in [-0.1, -0.05) is 0 Å². The molecule has 0 aliphatic heterocycles. The van der Waals surface area contributed by atoms with Crippen LogP contribution in [0, 0.1) is 0 Å². The number of pyridine rings is 1. The summed E-state index contributed by atoms with van der Waals surface area (Å²) in [5, 5.41) is 8.22. The maximum atomic E-state index is 12.5. The summed E-state index contributed by atoms with van der Waals surface area (Å²) in [4.78, 5) is 27.4. The molecule has 0 aliphatic carbocycles. The van der Waals surface area contributed by atoms with Gasteiger partial charge in [0.05, 0.1) is 5.56 Å². The smallest absolute Gasteiger partial charge is 0.350 e. The van der Waals surface area contributed by atoms with Gasteiger partial charge >= 0.3 is 6.18 Å². The average molecular weight is 341 g/mol. The third-order valence-corrected chi connectivity index (χ3v) is 3.02. The topological polar surface area (TPSA) is 88.9 Å². The lowest BCUT2D eigenvalue weighted by Crippen LogP contribution is -2.35. The molecule has 0 spiro atoms. The van der Waals surface area contributed by atoms with Crippen molar-refractivity contribution in [3.8, 4) is 0 Å². The zero-order chi connectivity index (χ0) is 17.7. The third kappa shape index (κ3) is 4.31. The Morgan fingerprint density at radius 1 is 1.21 bits per heavy atom. The largest absolute Gasteiger partial charge is 0.435 e. The van der Waals surface area contributed by atoms with Crippen LogP contribution in [0.25, 0.3) is 0 Å². The van der Waals surface area contributed by atoms with E-state index in [9.17, 15) is 22.8 Å². The Bertz CT molecular complexity index is 728. The fourth-order valence-electron chi connectivity index (χ4n) is 1.86. The fourth-order valence-corrected chi connectivity index (χ4v) is 1.86. The van der Waals surface area contributed by atoms with Crippen LogP contribution in [0.15, 0.2) is 30.6 Å². The van der Waals surface area contributed by atoms with E-state index in [4.69, 9.17) is 0 Å². The van der Waals surface area contributed by atoms with Gasteiger partial charge in [-0.3, -0.25) is 19.3 Å². The van der Waals surface area contributed by atoms with Gasteiger partial charge in [0.2, 0.25) is 0 Å². The monoisotopic (exact) mass is 341 g/mol. The standard InChI is InChI=1S/C14H14F3N5O2/c1-22-10(7-11(21-22)14(15,16)17)13(24)20-6-5-19-12(23)9-3-2-4-18-8-9/h2-4,7-8H,5-6H2,1H3,(H,19,23)(H,20,24). The number of alkyl halides is 3. The maximum absolute atomic E-state index is 12.5. The first-order valence-electron chi connectivity index (χ1n) is 6.86. The van der Waals surface area contributed by atoms with Gasteiger partial charge in [-0.05, 0) is 12.1 Å². The molecule has 2 N–H and O–H groups in total. The number of nitrogens with one attached hydrogen (secondary N) is 2. The second kappa shape index (κ2) is 7.11. The van der Waals surface area contributed by atoms with Crippen molar-refractivity contribution in [3.05, 3.63) is 47.5 Å². The summed E-state index contributed by atoms with van der Waals surface area (Å²) in [5.74, 6) is -1.08. The second-order valence-electron chi connectivity index (χ2n) is 4.79. The Labute approximate surface area is 134 Å². The van der Waals surface area contributed by atoms with Gasteiger partial charge in [-0.15, -0.1) is 0 Å². The van der Waals surface area contributed by atoms with Crippen LogP contribution in [0.2, 0.25) is 0 Å². The minimum absolute atomic E-state index is 0.0529. The number of aryl methyl sites for hydroxylation is 1. The Morgan fingerprint density at radius 3 is 2.42 bits per heavy atom. The maximum Gasteiger partial charge on any atom is 0.435 e. The Balaban J connectivity index is 1.84. The van der Waals surface area contributed by atoms with Crippen molar-refractivity contribution in [1.82, 2.24) is 25.4 Å². The van der Waals surface area contributed by atoms with Gasteiger partial charge in [0.15, 0.2) is 5.69 Å². The predicted octanol–water partition coefficient (Wildman–Crippen LogP) is 0.994. The lowest BCUT2D eigenvalue weighted by molar-refractivity contribution is -0.141. The molecule has 0 saturated heterocycles. The van der Waals surface area contributed by atoms with Gasteiger partial charge in [0, 0.05) is 38.6 Å². The van der Waals surface area contributed by atoms with E-state index in [0.29, 0.717) is 11.6 Å². The van der Waals surface area contributed by atoms with Gasteiger partial charge in [0.1, 0.15) is 5.69 Å². The van der Waals surface area contributed by atoms with Crippen LogP contribution in [-0.2, 0) is 13.2 Å². The number of hydrogen-bond donors (Lipinski definition) is 2. The summed E-state index contributed by atoms with van der Waals surface area (Å²) >= 11 is 0. The molecule has 24 heavy (non-hydrogen) atoms. The zero-order valence-electron chi connectivity index (χ0n) is 12.6. The number of aromatic nitrogens is 3. The van der Waals surface area contributed by atoms with Crippen LogP contribution in [0.4, 0.5) is 13.2 Å². The highest BCUT2D eigenvalue weighted by Crippen LogP contribution is 2.28. The van der Waals surface area contributed by atoms with Crippen molar-refractivity contribution in [2.75, 3.05) is 13.1 Å². The van der Waals surface area contributed by atoms with E-state index in [1.54, 1.807) is 12.1 Å². The molecule has 2 amide bonds. The summed E-state index contributed by atoms with van der Waals surface area (Å²) in [6, 6.07) is 3.86. The molecule has 7 nitrogen and oxygen atoms in total.